The summed E-state index contributed by atoms with van der Waals surface area (Å²) < 4.78 is 0. The normalized spacial score (nSPS) is 18.0. The van der Waals surface area contributed by atoms with Crippen LogP contribution in [0.25, 0.3) is 0 Å². The Morgan fingerprint density at radius 2 is 1.82 bits per heavy atom. The highest BCUT2D eigenvalue weighted by Gasteiger charge is 2.24. The number of carbonyl (C=O) groups is 2. The third kappa shape index (κ3) is 4.34. The van der Waals surface area contributed by atoms with Crippen LogP contribution >= 0.6 is 0 Å². The lowest BCUT2D eigenvalue weighted by atomic mass is 9.96. The molecule has 98 valence electrons. The van der Waals surface area contributed by atoms with Gasteiger partial charge in [-0.1, -0.05) is 20.8 Å². The van der Waals surface area contributed by atoms with Gasteiger partial charge in [0.2, 0.25) is 11.8 Å². The number of amides is 2. The molecule has 5 nitrogen and oxygen atoms in total. The van der Waals surface area contributed by atoms with Crippen LogP contribution in [0.4, 0.5) is 0 Å². The van der Waals surface area contributed by atoms with Gasteiger partial charge in [-0.05, 0) is 12.8 Å². The Morgan fingerprint density at radius 3 is 2.29 bits per heavy atom. The third-order valence-electron chi connectivity index (χ3n) is 2.90. The Labute approximate surface area is 102 Å². The summed E-state index contributed by atoms with van der Waals surface area (Å²) in [6.07, 6.45) is 0.959. The molecule has 0 aromatic rings. The molecule has 0 aromatic heterocycles. The Balaban J connectivity index is 2.33. The number of nitrogens with one attached hydrogen (secondary N) is 1. The second-order valence-corrected chi connectivity index (χ2v) is 5.54. The van der Waals surface area contributed by atoms with Crippen LogP contribution in [0.3, 0.4) is 0 Å². The number of hydrogen-bond acceptors (Lipinski definition) is 3. The Hall–Kier alpha value is -1.10. The highest BCUT2D eigenvalue weighted by atomic mass is 16.3. The van der Waals surface area contributed by atoms with Crippen molar-refractivity contribution >= 4 is 11.8 Å². The van der Waals surface area contributed by atoms with E-state index in [-0.39, 0.29) is 24.5 Å². The smallest absolute Gasteiger partial charge is 0.241 e. The maximum absolute atomic E-state index is 11.8. The van der Waals surface area contributed by atoms with Gasteiger partial charge in [0.15, 0.2) is 0 Å². The first-order valence-corrected chi connectivity index (χ1v) is 6.05. The van der Waals surface area contributed by atoms with Crippen LogP contribution in [0.1, 0.15) is 33.6 Å². The van der Waals surface area contributed by atoms with Crippen LogP contribution in [0.2, 0.25) is 0 Å². The molecule has 1 fully saturated rings. The standard InChI is InChI=1S/C12H22N2O3/c1-12(2,3)11(17)13-8-10(16)14-6-4-9(15)5-7-14/h9,15H,4-8H2,1-3H3,(H,13,17). The van der Waals surface area contributed by atoms with Crippen molar-refractivity contribution in [3.05, 3.63) is 0 Å². The van der Waals surface area contributed by atoms with Crippen molar-refractivity contribution < 1.29 is 14.7 Å². The summed E-state index contributed by atoms with van der Waals surface area (Å²) in [5, 5.41) is 12.0. The Morgan fingerprint density at radius 1 is 1.29 bits per heavy atom. The van der Waals surface area contributed by atoms with E-state index in [2.05, 4.69) is 5.32 Å². The van der Waals surface area contributed by atoms with Crippen molar-refractivity contribution in [2.24, 2.45) is 5.41 Å². The van der Waals surface area contributed by atoms with E-state index < -0.39 is 5.41 Å². The lowest BCUT2D eigenvalue weighted by molar-refractivity contribution is -0.136. The van der Waals surface area contributed by atoms with Crippen molar-refractivity contribution in [2.75, 3.05) is 19.6 Å². The molecular formula is C12H22N2O3. The fraction of sp³-hybridized carbons (Fsp3) is 0.833. The first-order valence-electron chi connectivity index (χ1n) is 6.05. The second-order valence-electron chi connectivity index (χ2n) is 5.54. The van der Waals surface area contributed by atoms with Gasteiger partial charge in [-0.25, -0.2) is 0 Å². The number of hydrogen-bond donors (Lipinski definition) is 2. The molecule has 1 saturated heterocycles. The summed E-state index contributed by atoms with van der Waals surface area (Å²) in [5.74, 6) is -0.197. The molecule has 0 aromatic carbocycles. The van der Waals surface area contributed by atoms with E-state index in [1.165, 1.54) is 0 Å². The van der Waals surface area contributed by atoms with Crippen molar-refractivity contribution in [1.82, 2.24) is 10.2 Å². The van der Waals surface area contributed by atoms with Gasteiger partial charge in [0.05, 0.1) is 12.6 Å². The number of aliphatic hydroxyl groups is 1. The number of piperidine rings is 1. The largest absolute Gasteiger partial charge is 0.393 e. The lowest BCUT2D eigenvalue weighted by Crippen LogP contribution is -2.46. The Kier molecular flexibility index (Phi) is 4.51. The van der Waals surface area contributed by atoms with Crippen LogP contribution in [0, 0.1) is 5.41 Å². The SMILES string of the molecule is CC(C)(C)C(=O)NCC(=O)N1CCC(O)CC1. The fourth-order valence-corrected chi connectivity index (χ4v) is 1.65. The zero-order valence-electron chi connectivity index (χ0n) is 10.8. The molecule has 1 aliphatic rings. The number of rotatable bonds is 2. The maximum Gasteiger partial charge on any atom is 0.241 e. The quantitative estimate of drug-likeness (QED) is 0.723. The summed E-state index contributed by atoms with van der Waals surface area (Å²) in [5.41, 5.74) is -0.474. The minimum absolute atomic E-state index is 0.0478. The minimum Gasteiger partial charge on any atom is -0.393 e. The van der Waals surface area contributed by atoms with E-state index >= 15 is 0 Å². The van der Waals surface area contributed by atoms with E-state index in [0.29, 0.717) is 25.9 Å². The van der Waals surface area contributed by atoms with E-state index in [4.69, 9.17) is 0 Å². The lowest BCUT2D eigenvalue weighted by Gasteiger charge is -2.30. The van der Waals surface area contributed by atoms with Gasteiger partial charge < -0.3 is 15.3 Å². The molecule has 1 heterocycles. The zero-order chi connectivity index (χ0) is 13.1. The summed E-state index contributed by atoms with van der Waals surface area (Å²) in [6.45, 7) is 6.63. The summed E-state index contributed by atoms with van der Waals surface area (Å²) >= 11 is 0. The van der Waals surface area contributed by atoms with Crippen molar-refractivity contribution in [3.63, 3.8) is 0 Å². The number of carbonyl (C=O) groups excluding carboxylic acids is 2. The molecule has 0 saturated carbocycles. The predicted octanol–water partition coefficient (Wildman–Crippen LogP) is 0.132. The van der Waals surface area contributed by atoms with E-state index in [0.717, 1.165) is 0 Å². The molecule has 17 heavy (non-hydrogen) atoms. The topological polar surface area (TPSA) is 69.6 Å². The van der Waals surface area contributed by atoms with Gasteiger partial charge in [-0.3, -0.25) is 9.59 Å². The van der Waals surface area contributed by atoms with E-state index in [1.54, 1.807) is 4.90 Å². The molecule has 0 spiro atoms. The first-order chi connectivity index (χ1) is 7.80. The maximum atomic E-state index is 11.8. The third-order valence-corrected chi connectivity index (χ3v) is 2.90. The van der Waals surface area contributed by atoms with Gasteiger partial charge in [0.25, 0.3) is 0 Å². The number of aliphatic hydroxyl groups excluding tert-OH is 1. The average molecular weight is 242 g/mol. The molecule has 1 aliphatic heterocycles. The van der Waals surface area contributed by atoms with E-state index in [9.17, 15) is 14.7 Å². The van der Waals surface area contributed by atoms with Crippen LogP contribution in [0.15, 0.2) is 0 Å². The molecule has 2 amide bonds. The molecular weight excluding hydrogens is 220 g/mol. The van der Waals surface area contributed by atoms with Gasteiger partial charge in [0.1, 0.15) is 0 Å². The molecule has 2 N–H and O–H groups in total. The minimum atomic E-state index is -0.474. The monoisotopic (exact) mass is 242 g/mol. The van der Waals surface area contributed by atoms with Crippen LogP contribution in [-0.4, -0.2) is 47.6 Å². The number of likely N-dealkylation sites (tertiary alicyclic amines) is 1. The van der Waals surface area contributed by atoms with Gasteiger partial charge >= 0.3 is 0 Å². The average Bonchev–Trinajstić information content (AvgIpc) is 2.25. The molecule has 0 radical (unpaired) electrons. The van der Waals surface area contributed by atoms with Crippen molar-refractivity contribution in [2.45, 2.75) is 39.7 Å². The predicted molar refractivity (Wildman–Crippen MR) is 64.3 cm³/mol. The summed E-state index contributed by atoms with van der Waals surface area (Å²) in [4.78, 5) is 25.0. The van der Waals surface area contributed by atoms with Crippen LogP contribution < -0.4 is 5.32 Å². The van der Waals surface area contributed by atoms with Gasteiger partial charge in [0, 0.05) is 18.5 Å². The Bertz CT molecular complexity index is 289. The molecule has 0 bridgehead atoms. The van der Waals surface area contributed by atoms with E-state index in [1.807, 2.05) is 20.8 Å². The van der Waals surface area contributed by atoms with Crippen LogP contribution in [-0.2, 0) is 9.59 Å². The van der Waals surface area contributed by atoms with Gasteiger partial charge in [-0.15, -0.1) is 0 Å². The van der Waals surface area contributed by atoms with Crippen molar-refractivity contribution in [1.29, 1.82) is 0 Å². The van der Waals surface area contributed by atoms with Crippen LogP contribution in [0.5, 0.6) is 0 Å². The first kappa shape index (κ1) is 14.0. The number of nitrogens with zero attached hydrogens (tertiary/aromatic N) is 1. The van der Waals surface area contributed by atoms with Crippen molar-refractivity contribution in [3.8, 4) is 0 Å². The molecule has 5 heteroatoms. The molecule has 0 atom stereocenters. The highest BCUT2D eigenvalue weighted by Crippen LogP contribution is 2.13. The second kappa shape index (κ2) is 5.49. The summed E-state index contributed by atoms with van der Waals surface area (Å²) in [7, 11) is 0. The highest BCUT2D eigenvalue weighted by molar-refractivity contribution is 5.87. The van der Waals surface area contributed by atoms with Gasteiger partial charge in [-0.2, -0.15) is 0 Å². The fourth-order valence-electron chi connectivity index (χ4n) is 1.65. The summed E-state index contributed by atoms with van der Waals surface area (Å²) in [6, 6.07) is 0. The zero-order valence-corrected chi connectivity index (χ0v) is 10.8. The molecule has 0 aliphatic carbocycles. The molecule has 0 unspecified atom stereocenters. The molecule has 1 rings (SSSR count).